The first-order chi connectivity index (χ1) is 9.11. The van der Waals surface area contributed by atoms with Crippen LogP contribution in [0.4, 0.5) is 4.79 Å². The number of urea groups is 1. The second-order valence-corrected chi connectivity index (χ2v) is 4.93. The summed E-state index contributed by atoms with van der Waals surface area (Å²) in [5, 5.41) is 2.52. The molecule has 19 heavy (non-hydrogen) atoms. The minimum Gasteiger partial charge on any atom is -0.337 e. The van der Waals surface area contributed by atoms with Gasteiger partial charge in [-0.1, -0.05) is 28.1 Å². The first-order valence-electron chi connectivity index (χ1n) is 6.19. The number of hydrogen-bond donors (Lipinski definition) is 3. The van der Waals surface area contributed by atoms with Crippen molar-refractivity contribution < 1.29 is 9.59 Å². The van der Waals surface area contributed by atoms with Crippen LogP contribution >= 0.6 is 15.9 Å². The van der Waals surface area contributed by atoms with Crippen molar-refractivity contribution in [2.75, 3.05) is 6.54 Å². The van der Waals surface area contributed by atoms with Crippen molar-refractivity contribution in [3.05, 3.63) is 34.3 Å². The lowest BCUT2D eigenvalue weighted by atomic mass is 10.1. The van der Waals surface area contributed by atoms with Crippen LogP contribution in [0, 0.1) is 0 Å². The number of carbonyl (C=O) groups is 2. The third kappa shape index (κ3) is 6.81. The number of rotatable bonds is 5. The molecule has 0 fully saturated rings. The van der Waals surface area contributed by atoms with Crippen molar-refractivity contribution in [1.82, 2.24) is 16.2 Å². The molecule has 1 aromatic rings. The third-order valence-corrected chi connectivity index (χ3v) is 2.90. The smallest absolute Gasteiger partial charge is 0.333 e. The summed E-state index contributed by atoms with van der Waals surface area (Å²) < 4.78 is 1.03. The Morgan fingerprint density at radius 1 is 1.26 bits per heavy atom. The fourth-order valence-electron chi connectivity index (χ4n) is 1.54. The number of carbonyl (C=O) groups excluding carboxylic acids is 2. The third-order valence-electron chi connectivity index (χ3n) is 2.41. The van der Waals surface area contributed by atoms with Crippen LogP contribution in [0.15, 0.2) is 28.7 Å². The van der Waals surface area contributed by atoms with Gasteiger partial charge in [-0.15, -0.1) is 0 Å². The van der Waals surface area contributed by atoms with Crippen LogP contribution in [-0.2, 0) is 11.2 Å². The number of hydrogen-bond acceptors (Lipinski definition) is 2. The molecule has 5 nitrogen and oxygen atoms in total. The van der Waals surface area contributed by atoms with E-state index in [1.165, 1.54) is 5.56 Å². The Morgan fingerprint density at radius 2 is 2.05 bits per heavy atom. The number of amides is 3. The first-order valence-corrected chi connectivity index (χ1v) is 6.98. The van der Waals surface area contributed by atoms with E-state index in [4.69, 9.17) is 0 Å². The van der Waals surface area contributed by atoms with E-state index in [0.29, 0.717) is 13.0 Å². The van der Waals surface area contributed by atoms with Crippen LogP contribution in [0.2, 0.25) is 0 Å². The lowest BCUT2D eigenvalue weighted by molar-refractivity contribution is -0.121. The fourth-order valence-corrected chi connectivity index (χ4v) is 1.99. The summed E-state index contributed by atoms with van der Waals surface area (Å²) in [5.41, 5.74) is 5.82. The number of halogens is 1. The predicted octanol–water partition coefficient (Wildman–Crippen LogP) is 2.12. The highest BCUT2D eigenvalue weighted by Crippen LogP contribution is 2.13. The van der Waals surface area contributed by atoms with Crippen LogP contribution in [0.25, 0.3) is 0 Å². The molecule has 0 saturated heterocycles. The van der Waals surface area contributed by atoms with Gasteiger partial charge in [-0.2, -0.15) is 0 Å². The van der Waals surface area contributed by atoms with Crippen LogP contribution in [0.3, 0.4) is 0 Å². The molecule has 0 aliphatic heterocycles. The van der Waals surface area contributed by atoms with Gasteiger partial charge in [-0.25, -0.2) is 10.2 Å². The Kier molecular flexibility index (Phi) is 6.95. The lowest BCUT2D eigenvalue weighted by Crippen LogP contribution is -2.46. The maximum absolute atomic E-state index is 11.4. The van der Waals surface area contributed by atoms with Crippen molar-refractivity contribution in [3.63, 3.8) is 0 Å². The van der Waals surface area contributed by atoms with Crippen molar-refractivity contribution in [1.29, 1.82) is 0 Å². The normalized spacial score (nSPS) is 9.79. The van der Waals surface area contributed by atoms with Gasteiger partial charge < -0.3 is 5.32 Å². The fraction of sp³-hybridized carbons (Fsp3) is 0.385. The lowest BCUT2D eigenvalue weighted by Gasteiger charge is -2.07. The SMILES string of the molecule is CCNC(=O)NNC(=O)CCCc1cccc(Br)c1. The van der Waals surface area contributed by atoms with Gasteiger partial charge in [0.2, 0.25) is 5.91 Å². The zero-order valence-electron chi connectivity index (χ0n) is 10.8. The molecule has 3 amide bonds. The summed E-state index contributed by atoms with van der Waals surface area (Å²) in [5.74, 6) is -0.193. The molecule has 0 radical (unpaired) electrons. The van der Waals surface area contributed by atoms with Crippen molar-refractivity contribution in [3.8, 4) is 0 Å². The van der Waals surface area contributed by atoms with E-state index < -0.39 is 6.03 Å². The Balaban J connectivity index is 2.18. The molecule has 0 aliphatic rings. The van der Waals surface area contributed by atoms with E-state index >= 15 is 0 Å². The summed E-state index contributed by atoms with van der Waals surface area (Å²) >= 11 is 3.40. The largest absolute Gasteiger partial charge is 0.337 e. The molecule has 0 spiro atoms. The minimum absolute atomic E-state index is 0.193. The second kappa shape index (κ2) is 8.53. The Morgan fingerprint density at radius 3 is 2.74 bits per heavy atom. The second-order valence-electron chi connectivity index (χ2n) is 4.02. The highest BCUT2D eigenvalue weighted by atomic mass is 79.9. The van der Waals surface area contributed by atoms with Gasteiger partial charge in [0.15, 0.2) is 0 Å². The summed E-state index contributed by atoms with van der Waals surface area (Å²) in [4.78, 5) is 22.5. The van der Waals surface area contributed by atoms with Gasteiger partial charge in [-0.05, 0) is 37.5 Å². The maximum atomic E-state index is 11.4. The van der Waals surface area contributed by atoms with E-state index in [9.17, 15) is 9.59 Å². The number of nitrogens with one attached hydrogen (secondary N) is 3. The molecule has 1 rings (SSSR count). The van der Waals surface area contributed by atoms with E-state index in [1.54, 1.807) is 6.92 Å². The van der Waals surface area contributed by atoms with Gasteiger partial charge in [0.05, 0.1) is 0 Å². The summed E-state index contributed by atoms with van der Waals surface area (Å²) in [6.45, 7) is 2.32. The predicted molar refractivity (Wildman–Crippen MR) is 77.4 cm³/mol. The topological polar surface area (TPSA) is 70.2 Å². The molecule has 0 atom stereocenters. The standard InChI is InChI=1S/C13H18BrN3O2/c1-2-15-13(19)17-16-12(18)8-4-6-10-5-3-7-11(14)9-10/h3,5,7,9H,2,4,6,8H2,1H3,(H,16,18)(H2,15,17,19). The van der Waals surface area contributed by atoms with Gasteiger partial charge in [-0.3, -0.25) is 10.2 Å². The average Bonchev–Trinajstić information content (AvgIpc) is 2.37. The van der Waals surface area contributed by atoms with Gasteiger partial charge in [0.25, 0.3) is 0 Å². The summed E-state index contributed by atoms with van der Waals surface area (Å²) in [6.07, 6.45) is 1.94. The summed E-state index contributed by atoms with van der Waals surface area (Å²) in [7, 11) is 0. The molecule has 3 N–H and O–H groups in total. The molecule has 0 aliphatic carbocycles. The molecule has 6 heteroatoms. The quantitative estimate of drug-likeness (QED) is 0.725. The van der Waals surface area contributed by atoms with Gasteiger partial charge >= 0.3 is 6.03 Å². The Hall–Kier alpha value is -1.56. The van der Waals surface area contributed by atoms with Gasteiger partial charge in [0, 0.05) is 17.4 Å². The highest BCUT2D eigenvalue weighted by molar-refractivity contribution is 9.10. The van der Waals surface area contributed by atoms with Crippen LogP contribution in [0.5, 0.6) is 0 Å². The van der Waals surface area contributed by atoms with Gasteiger partial charge in [0.1, 0.15) is 0 Å². The zero-order chi connectivity index (χ0) is 14.1. The number of benzene rings is 1. The molecule has 0 bridgehead atoms. The van der Waals surface area contributed by atoms with Crippen molar-refractivity contribution in [2.45, 2.75) is 26.2 Å². The number of hydrazine groups is 1. The molecule has 0 heterocycles. The molecule has 0 aromatic heterocycles. The molecule has 1 aromatic carbocycles. The molecule has 0 saturated carbocycles. The maximum Gasteiger partial charge on any atom is 0.333 e. The zero-order valence-corrected chi connectivity index (χ0v) is 12.4. The Bertz CT molecular complexity index is 438. The molecule has 104 valence electrons. The van der Waals surface area contributed by atoms with E-state index in [-0.39, 0.29) is 5.91 Å². The highest BCUT2D eigenvalue weighted by Gasteiger charge is 2.03. The van der Waals surface area contributed by atoms with E-state index in [0.717, 1.165) is 17.3 Å². The van der Waals surface area contributed by atoms with Crippen LogP contribution in [0.1, 0.15) is 25.3 Å². The van der Waals surface area contributed by atoms with E-state index in [2.05, 4.69) is 32.1 Å². The summed E-state index contributed by atoms with van der Waals surface area (Å²) in [6, 6.07) is 7.59. The number of aryl methyl sites for hydroxylation is 1. The van der Waals surface area contributed by atoms with Crippen LogP contribution in [-0.4, -0.2) is 18.5 Å². The minimum atomic E-state index is -0.400. The molecular formula is C13H18BrN3O2. The van der Waals surface area contributed by atoms with E-state index in [1.807, 2.05) is 24.3 Å². The Labute approximate surface area is 121 Å². The van der Waals surface area contributed by atoms with Crippen LogP contribution < -0.4 is 16.2 Å². The monoisotopic (exact) mass is 327 g/mol. The van der Waals surface area contributed by atoms with Crippen molar-refractivity contribution >= 4 is 27.9 Å². The van der Waals surface area contributed by atoms with Crippen molar-refractivity contribution in [2.24, 2.45) is 0 Å². The first kappa shape index (κ1) is 15.5. The molecular weight excluding hydrogens is 310 g/mol. The average molecular weight is 328 g/mol. The molecule has 0 unspecified atom stereocenters.